The Kier molecular flexibility index (Phi) is 15.3. The first kappa shape index (κ1) is 43.9. The number of methoxy groups -OCH3 is 1. The molecular weight excluding hydrogens is 745 g/mol. The number of allylic oxidation sites excluding steroid dienone is 1. The van der Waals surface area contributed by atoms with E-state index in [0.717, 1.165) is 65.8 Å². The van der Waals surface area contributed by atoms with Crippen LogP contribution in [-0.4, -0.2) is 78.6 Å². The van der Waals surface area contributed by atoms with Gasteiger partial charge in [0.25, 0.3) is 0 Å². The number of aliphatic hydroxyl groups is 2. The number of ether oxygens (including phenoxy) is 4. The van der Waals surface area contributed by atoms with Crippen molar-refractivity contribution in [2.24, 2.45) is 22.9 Å². The number of aryl methyl sites for hydroxylation is 2. The van der Waals surface area contributed by atoms with Crippen molar-refractivity contribution in [3.05, 3.63) is 107 Å². The highest BCUT2D eigenvalue weighted by Gasteiger charge is 2.65. The van der Waals surface area contributed by atoms with E-state index < -0.39 is 11.8 Å². The fourth-order valence-electron chi connectivity index (χ4n) is 9.52. The molecule has 10 nitrogen and oxygen atoms in total. The molecule has 6 atom stereocenters. The maximum Gasteiger partial charge on any atom is 0.239 e. The quantitative estimate of drug-likeness (QED) is 0.0622. The standard InChI is InChI=1S/C49H64N2O8/c1-7-23-51(46(54)29-35-15-14-17-37(28-35)55-6)45-32-43(50-57-9-3)41-30-36(16-10-12-24-52)40(18-11-13-25-53)47-42-31-39(58-38-20-19-33(4)34(5)27-38)21-22-44(42)59-49(45,48(41)47)56-26-8-2/h8,14-15,17,19-22,27-28,30-31,36,40,45,47-48,52-53H,2,7,9-13,16,18,23-26,29,32H2,1,3-6H3. The van der Waals surface area contributed by atoms with E-state index in [1.165, 1.54) is 5.56 Å². The van der Waals surface area contributed by atoms with Gasteiger partial charge in [0.05, 0.1) is 31.8 Å². The Morgan fingerprint density at radius 2 is 1.73 bits per heavy atom. The van der Waals surface area contributed by atoms with Gasteiger partial charge in [0.2, 0.25) is 11.7 Å². The van der Waals surface area contributed by atoms with Crippen molar-refractivity contribution in [1.82, 2.24) is 4.90 Å². The zero-order valence-electron chi connectivity index (χ0n) is 35.7. The number of fused-ring (bicyclic) bond motifs is 2. The average molecular weight is 809 g/mol. The molecule has 3 aromatic carbocycles. The summed E-state index contributed by atoms with van der Waals surface area (Å²) in [7, 11) is 1.63. The maximum atomic E-state index is 14.8. The summed E-state index contributed by atoms with van der Waals surface area (Å²) in [5.41, 5.74) is 6.02. The van der Waals surface area contributed by atoms with E-state index in [9.17, 15) is 15.0 Å². The highest BCUT2D eigenvalue weighted by Crippen LogP contribution is 2.62. The smallest absolute Gasteiger partial charge is 0.239 e. The van der Waals surface area contributed by atoms with E-state index in [2.05, 4.69) is 51.6 Å². The third kappa shape index (κ3) is 9.72. The van der Waals surface area contributed by atoms with E-state index in [4.69, 9.17) is 28.9 Å². The van der Waals surface area contributed by atoms with Crippen molar-refractivity contribution in [2.75, 3.05) is 40.1 Å². The number of hydrogen-bond acceptors (Lipinski definition) is 9. The topological polar surface area (TPSA) is 119 Å². The molecule has 3 aliphatic rings. The highest BCUT2D eigenvalue weighted by molar-refractivity contribution is 6.03. The number of hydrogen-bond donors (Lipinski definition) is 2. The van der Waals surface area contributed by atoms with Crippen LogP contribution < -0.4 is 14.2 Å². The monoisotopic (exact) mass is 808 g/mol. The van der Waals surface area contributed by atoms with Gasteiger partial charge in [-0.1, -0.05) is 55.3 Å². The largest absolute Gasteiger partial charge is 0.497 e. The predicted molar refractivity (Wildman–Crippen MR) is 231 cm³/mol. The molecule has 1 heterocycles. The van der Waals surface area contributed by atoms with E-state index in [-0.39, 0.29) is 55.8 Å². The zero-order valence-corrected chi connectivity index (χ0v) is 35.7. The number of oxime groups is 1. The Hall–Kier alpha value is -4.64. The second-order valence-corrected chi connectivity index (χ2v) is 16.2. The van der Waals surface area contributed by atoms with Crippen LogP contribution in [0, 0.1) is 31.6 Å². The van der Waals surface area contributed by atoms with Crippen LogP contribution in [0.4, 0.5) is 0 Å². The molecule has 0 spiro atoms. The second-order valence-electron chi connectivity index (χ2n) is 16.2. The minimum absolute atomic E-state index is 0.0462. The first-order chi connectivity index (χ1) is 28.7. The molecule has 2 aliphatic carbocycles. The molecule has 0 saturated heterocycles. The lowest BCUT2D eigenvalue weighted by molar-refractivity contribution is -0.257. The molecule has 2 N–H and O–H groups in total. The fourth-order valence-corrected chi connectivity index (χ4v) is 9.52. The summed E-state index contributed by atoms with van der Waals surface area (Å²) in [6.07, 6.45) is 10.2. The van der Waals surface area contributed by atoms with Crippen LogP contribution in [0.3, 0.4) is 0 Å². The van der Waals surface area contributed by atoms with Crippen molar-refractivity contribution in [3.8, 4) is 23.0 Å². The molecule has 59 heavy (non-hydrogen) atoms. The first-order valence-electron chi connectivity index (χ1n) is 21.6. The number of benzene rings is 3. The summed E-state index contributed by atoms with van der Waals surface area (Å²) in [5, 5.41) is 24.7. The van der Waals surface area contributed by atoms with Gasteiger partial charge >= 0.3 is 0 Å². The maximum absolute atomic E-state index is 14.8. The van der Waals surface area contributed by atoms with E-state index >= 15 is 0 Å². The Labute approximate surface area is 350 Å². The van der Waals surface area contributed by atoms with Crippen LogP contribution in [0.15, 0.2) is 90.1 Å². The molecule has 0 bridgehead atoms. The molecule has 1 fully saturated rings. The summed E-state index contributed by atoms with van der Waals surface area (Å²) in [6.45, 7) is 13.6. The van der Waals surface area contributed by atoms with Gasteiger partial charge in [-0.05, 0) is 129 Å². The van der Waals surface area contributed by atoms with Gasteiger partial charge in [-0.25, -0.2) is 0 Å². The molecule has 318 valence electrons. The van der Waals surface area contributed by atoms with Crippen molar-refractivity contribution in [2.45, 2.75) is 103 Å². The second kappa shape index (κ2) is 20.6. The molecule has 3 aromatic rings. The molecule has 1 aliphatic heterocycles. The number of carbonyl (C=O) groups is 1. The number of rotatable bonds is 21. The van der Waals surface area contributed by atoms with E-state index in [1.807, 2.05) is 54.3 Å². The Balaban J connectivity index is 1.56. The van der Waals surface area contributed by atoms with Crippen LogP contribution in [0.25, 0.3) is 0 Å². The normalized spacial score (nSPS) is 23.7. The van der Waals surface area contributed by atoms with E-state index in [1.54, 1.807) is 13.2 Å². The summed E-state index contributed by atoms with van der Waals surface area (Å²) in [5.74, 6) is 1.20. The molecule has 1 saturated carbocycles. The Morgan fingerprint density at radius 3 is 2.44 bits per heavy atom. The van der Waals surface area contributed by atoms with Crippen LogP contribution >= 0.6 is 0 Å². The fraction of sp³-hybridized carbons (Fsp3) is 0.510. The van der Waals surface area contributed by atoms with Gasteiger partial charge < -0.3 is 38.9 Å². The van der Waals surface area contributed by atoms with Gasteiger partial charge in [0.1, 0.15) is 35.6 Å². The number of nitrogens with zero attached hydrogens (tertiary/aromatic N) is 2. The molecule has 6 unspecified atom stereocenters. The van der Waals surface area contributed by atoms with Crippen molar-refractivity contribution in [1.29, 1.82) is 0 Å². The molecular formula is C49H64N2O8. The lowest BCUT2D eigenvalue weighted by atomic mass is 9.55. The molecule has 1 amide bonds. The van der Waals surface area contributed by atoms with Gasteiger partial charge in [0, 0.05) is 37.7 Å². The molecule has 0 radical (unpaired) electrons. The Morgan fingerprint density at radius 1 is 0.966 bits per heavy atom. The molecule has 0 aromatic heterocycles. The van der Waals surface area contributed by atoms with E-state index in [0.29, 0.717) is 49.7 Å². The lowest BCUT2D eigenvalue weighted by Crippen LogP contribution is -2.70. The third-order valence-corrected chi connectivity index (χ3v) is 12.3. The van der Waals surface area contributed by atoms with Crippen molar-refractivity contribution < 1.29 is 38.8 Å². The van der Waals surface area contributed by atoms with Crippen molar-refractivity contribution >= 4 is 11.6 Å². The third-order valence-electron chi connectivity index (χ3n) is 12.3. The molecule has 6 rings (SSSR count). The van der Waals surface area contributed by atoms with Crippen molar-refractivity contribution in [3.63, 3.8) is 0 Å². The van der Waals surface area contributed by atoms with Gasteiger partial charge in [-0.2, -0.15) is 0 Å². The number of carbonyl (C=O) groups excluding carboxylic acids is 1. The number of aliphatic hydroxyl groups excluding tert-OH is 2. The highest BCUT2D eigenvalue weighted by atomic mass is 16.7. The predicted octanol–water partition coefficient (Wildman–Crippen LogP) is 9.24. The minimum Gasteiger partial charge on any atom is -0.497 e. The zero-order chi connectivity index (χ0) is 41.9. The summed E-state index contributed by atoms with van der Waals surface area (Å²) in [4.78, 5) is 22.7. The summed E-state index contributed by atoms with van der Waals surface area (Å²) in [6, 6.07) is 19.3. The van der Waals surface area contributed by atoms with Gasteiger partial charge in [0.15, 0.2) is 0 Å². The van der Waals surface area contributed by atoms with Crippen LogP contribution in [0.1, 0.15) is 93.4 Å². The Bertz CT molecular complexity index is 1960. The summed E-state index contributed by atoms with van der Waals surface area (Å²) >= 11 is 0. The van der Waals surface area contributed by atoms with Crippen LogP contribution in [-0.2, 0) is 20.8 Å². The lowest BCUT2D eigenvalue weighted by Gasteiger charge is -2.60. The van der Waals surface area contributed by atoms with Crippen LogP contribution in [0.2, 0.25) is 0 Å². The first-order valence-corrected chi connectivity index (χ1v) is 21.6. The number of amides is 1. The minimum atomic E-state index is -1.32. The summed E-state index contributed by atoms with van der Waals surface area (Å²) < 4.78 is 26.6. The SMILES string of the molecule is C=CCOC12Oc3ccc(Oc4ccc(C)c(C)c4)cc3C3C(CCCCO)C(CCCCO)C=C(C(=NOCC)CC1N(CCC)C(=O)Cc1cccc(OC)c1)C32. The molecule has 10 heteroatoms. The average Bonchev–Trinajstić information content (AvgIpc) is 3.24. The van der Waals surface area contributed by atoms with Crippen LogP contribution in [0.5, 0.6) is 23.0 Å². The van der Waals surface area contributed by atoms with Gasteiger partial charge in [-0.3, -0.25) is 4.79 Å². The number of unbranched alkanes of at least 4 members (excludes halogenated alkanes) is 2. The van der Waals surface area contributed by atoms with Gasteiger partial charge in [-0.15, -0.1) is 6.58 Å².